The quantitative estimate of drug-likeness (QED) is 0.774. The average molecular weight is 334 g/mol. The second-order valence-corrected chi connectivity index (χ2v) is 6.35. The third-order valence-electron chi connectivity index (χ3n) is 4.68. The van der Waals surface area contributed by atoms with Crippen LogP contribution < -0.4 is 5.32 Å². The predicted molar refractivity (Wildman–Crippen MR) is 97.2 cm³/mol. The van der Waals surface area contributed by atoms with Gasteiger partial charge in [-0.15, -0.1) is 0 Å². The van der Waals surface area contributed by atoms with Gasteiger partial charge in [0.2, 0.25) is 0 Å². The summed E-state index contributed by atoms with van der Waals surface area (Å²) in [4.78, 5) is 18.3. The first kappa shape index (κ1) is 15.7. The second kappa shape index (κ2) is 6.63. The fourth-order valence-corrected chi connectivity index (χ4v) is 3.41. The van der Waals surface area contributed by atoms with Gasteiger partial charge in [-0.25, -0.2) is 15.0 Å². The number of hydrogen-bond acceptors (Lipinski definition) is 5. The van der Waals surface area contributed by atoms with E-state index in [0.717, 1.165) is 54.5 Å². The topological polar surface area (TPSA) is 68.5 Å². The first-order valence-electron chi connectivity index (χ1n) is 8.84. The molecule has 1 aliphatic rings. The first-order chi connectivity index (χ1) is 12.3. The minimum atomic E-state index is 0.0799. The molecule has 6 nitrogen and oxygen atoms in total. The Kier molecular flexibility index (Phi) is 4.17. The van der Waals surface area contributed by atoms with E-state index in [0.29, 0.717) is 0 Å². The van der Waals surface area contributed by atoms with E-state index in [2.05, 4.69) is 33.7 Å². The molecule has 0 saturated heterocycles. The number of pyridine rings is 1. The summed E-state index contributed by atoms with van der Waals surface area (Å²) >= 11 is 0. The molecular weight excluding hydrogens is 312 g/mol. The van der Waals surface area contributed by atoms with E-state index in [1.165, 1.54) is 5.56 Å². The lowest BCUT2D eigenvalue weighted by atomic mass is 10.2. The predicted octanol–water partition coefficient (Wildman–Crippen LogP) is 3.42. The van der Waals surface area contributed by atoms with Gasteiger partial charge in [0.15, 0.2) is 5.82 Å². The van der Waals surface area contributed by atoms with Crippen molar-refractivity contribution in [3.63, 3.8) is 0 Å². The molecule has 3 heterocycles. The summed E-state index contributed by atoms with van der Waals surface area (Å²) in [6.07, 6.45) is 10.6. The number of fused-ring (bicyclic) bond motifs is 1. The minimum Gasteiger partial charge on any atom is -0.360 e. The Labute approximate surface area is 147 Å². The van der Waals surface area contributed by atoms with Gasteiger partial charge < -0.3 is 9.88 Å². The summed E-state index contributed by atoms with van der Waals surface area (Å²) in [6, 6.07) is 4.00. The molecule has 1 unspecified atom stereocenters. The SMILES string of the molecule is CCn1ccnc1C(C)Nc1nc(-c2cccnc2)nc2c1CCC2. The molecule has 3 aromatic rings. The smallest absolute Gasteiger partial charge is 0.163 e. The fourth-order valence-electron chi connectivity index (χ4n) is 3.41. The van der Waals surface area contributed by atoms with Crippen molar-refractivity contribution in [3.8, 4) is 11.4 Å². The Bertz CT molecular complexity index is 871. The van der Waals surface area contributed by atoms with E-state index in [4.69, 9.17) is 9.97 Å². The Morgan fingerprint density at radius 1 is 1.24 bits per heavy atom. The van der Waals surface area contributed by atoms with Crippen LogP contribution in [-0.2, 0) is 19.4 Å². The Morgan fingerprint density at radius 2 is 2.16 bits per heavy atom. The van der Waals surface area contributed by atoms with E-state index in [-0.39, 0.29) is 6.04 Å². The molecule has 3 aromatic heterocycles. The summed E-state index contributed by atoms with van der Waals surface area (Å²) in [5, 5.41) is 3.57. The van der Waals surface area contributed by atoms with Gasteiger partial charge in [-0.1, -0.05) is 0 Å². The number of hydrogen-bond donors (Lipinski definition) is 1. The molecule has 0 aromatic carbocycles. The zero-order chi connectivity index (χ0) is 17.2. The zero-order valence-corrected chi connectivity index (χ0v) is 14.6. The van der Waals surface area contributed by atoms with Crippen molar-refractivity contribution in [2.24, 2.45) is 0 Å². The molecule has 4 rings (SSSR count). The maximum absolute atomic E-state index is 4.82. The largest absolute Gasteiger partial charge is 0.360 e. The minimum absolute atomic E-state index is 0.0799. The molecule has 1 aliphatic carbocycles. The van der Waals surface area contributed by atoms with Crippen molar-refractivity contribution in [1.29, 1.82) is 0 Å². The van der Waals surface area contributed by atoms with Crippen molar-refractivity contribution in [2.75, 3.05) is 5.32 Å². The summed E-state index contributed by atoms with van der Waals surface area (Å²) < 4.78 is 2.15. The molecule has 0 aliphatic heterocycles. The van der Waals surface area contributed by atoms with Crippen molar-refractivity contribution in [1.82, 2.24) is 24.5 Å². The highest BCUT2D eigenvalue weighted by molar-refractivity contribution is 5.60. The van der Waals surface area contributed by atoms with Gasteiger partial charge in [0, 0.05) is 48.2 Å². The van der Waals surface area contributed by atoms with Crippen molar-refractivity contribution in [3.05, 3.63) is 54.0 Å². The molecule has 6 heteroatoms. The number of aromatic nitrogens is 5. The number of nitrogens with zero attached hydrogens (tertiary/aromatic N) is 5. The van der Waals surface area contributed by atoms with Gasteiger partial charge >= 0.3 is 0 Å². The molecule has 0 saturated carbocycles. The number of imidazole rings is 1. The van der Waals surface area contributed by atoms with Crippen LogP contribution in [0.25, 0.3) is 11.4 Å². The van der Waals surface area contributed by atoms with Gasteiger partial charge in [-0.3, -0.25) is 4.98 Å². The van der Waals surface area contributed by atoms with Crippen LogP contribution in [0.4, 0.5) is 5.82 Å². The van der Waals surface area contributed by atoms with Crippen LogP contribution in [0.15, 0.2) is 36.9 Å². The lowest BCUT2D eigenvalue weighted by Crippen LogP contribution is -2.16. The van der Waals surface area contributed by atoms with Crippen LogP contribution in [0.3, 0.4) is 0 Å². The molecule has 0 bridgehead atoms. The van der Waals surface area contributed by atoms with Crippen LogP contribution in [0.1, 0.15) is 43.4 Å². The molecular formula is C19H22N6. The summed E-state index contributed by atoms with van der Waals surface area (Å²) in [5.41, 5.74) is 3.35. The molecule has 0 spiro atoms. The van der Waals surface area contributed by atoms with Crippen LogP contribution in [0.2, 0.25) is 0 Å². The monoisotopic (exact) mass is 334 g/mol. The van der Waals surface area contributed by atoms with Crippen molar-refractivity contribution >= 4 is 5.82 Å². The van der Waals surface area contributed by atoms with Crippen LogP contribution in [0, 0.1) is 0 Å². The number of rotatable bonds is 5. The van der Waals surface area contributed by atoms with Crippen LogP contribution in [0.5, 0.6) is 0 Å². The Morgan fingerprint density at radius 3 is 2.96 bits per heavy atom. The molecule has 0 amide bonds. The third kappa shape index (κ3) is 2.99. The summed E-state index contributed by atoms with van der Waals surface area (Å²) in [7, 11) is 0. The van der Waals surface area contributed by atoms with Gasteiger partial charge in [0.25, 0.3) is 0 Å². The number of aryl methyl sites for hydroxylation is 2. The fraction of sp³-hybridized carbons (Fsp3) is 0.368. The molecule has 0 fully saturated rings. The average Bonchev–Trinajstić information content (AvgIpc) is 3.31. The summed E-state index contributed by atoms with van der Waals surface area (Å²) in [5.74, 6) is 2.69. The van der Waals surface area contributed by atoms with Crippen molar-refractivity contribution in [2.45, 2.75) is 45.7 Å². The molecule has 1 atom stereocenters. The third-order valence-corrected chi connectivity index (χ3v) is 4.68. The van der Waals surface area contributed by atoms with Gasteiger partial charge in [-0.05, 0) is 45.2 Å². The standard InChI is InChI=1S/C19H22N6/c1-3-25-11-10-21-19(25)13(2)22-18-15-7-4-8-16(15)23-17(24-18)14-6-5-9-20-12-14/h5-6,9-13H,3-4,7-8H2,1-2H3,(H,22,23,24). The Balaban J connectivity index is 1.70. The van der Waals surface area contributed by atoms with Crippen molar-refractivity contribution < 1.29 is 0 Å². The van der Waals surface area contributed by atoms with Gasteiger partial charge in [0.05, 0.1) is 6.04 Å². The molecule has 1 N–H and O–H groups in total. The molecule has 25 heavy (non-hydrogen) atoms. The van der Waals surface area contributed by atoms with Gasteiger partial charge in [0.1, 0.15) is 11.6 Å². The maximum Gasteiger partial charge on any atom is 0.163 e. The summed E-state index contributed by atoms with van der Waals surface area (Å²) in [6.45, 7) is 5.16. The molecule has 0 radical (unpaired) electrons. The van der Waals surface area contributed by atoms with E-state index >= 15 is 0 Å². The zero-order valence-electron chi connectivity index (χ0n) is 14.6. The highest BCUT2D eigenvalue weighted by atomic mass is 15.1. The van der Waals surface area contributed by atoms with Crippen LogP contribution in [-0.4, -0.2) is 24.5 Å². The normalized spacial score (nSPS) is 14.3. The lowest BCUT2D eigenvalue weighted by Gasteiger charge is -2.18. The van der Waals surface area contributed by atoms with Gasteiger partial charge in [-0.2, -0.15) is 0 Å². The van der Waals surface area contributed by atoms with Crippen LogP contribution >= 0.6 is 0 Å². The first-order valence-corrected chi connectivity index (χ1v) is 8.84. The van der Waals surface area contributed by atoms with E-state index < -0.39 is 0 Å². The lowest BCUT2D eigenvalue weighted by molar-refractivity contribution is 0.657. The van der Waals surface area contributed by atoms with E-state index in [1.54, 1.807) is 6.20 Å². The number of nitrogens with one attached hydrogen (secondary N) is 1. The van der Waals surface area contributed by atoms with E-state index in [1.807, 2.05) is 30.7 Å². The highest BCUT2D eigenvalue weighted by Crippen LogP contribution is 2.30. The highest BCUT2D eigenvalue weighted by Gasteiger charge is 2.22. The maximum atomic E-state index is 4.82. The second-order valence-electron chi connectivity index (χ2n) is 6.35. The molecule has 128 valence electrons. The number of anilines is 1. The Hall–Kier alpha value is -2.76. The van der Waals surface area contributed by atoms with E-state index in [9.17, 15) is 0 Å².